The van der Waals surface area contributed by atoms with E-state index in [9.17, 15) is 28.1 Å². The van der Waals surface area contributed by atoms with E-state index in [1.807, 2.05) is 0 Å². The van der Waals surface area contributed by atoms with Crippen LogP contribution in [0.2, 0.25) is 0 Å². The molecule has 0 atom stereocenters. The molecule has 0 aliphatic carbocycles. The van der Waals surface area contributed by atoms with Crippen molar-refractivity contribution in [2.75, 3.05) is 26.1 Å². The largest absolute Gasteiger partial charge is 0.490 e. The molecule has 1 aromatic rings. The van der Waals surface area contributed by atoms with Gasteiger partial charge in [0.25, 0.3) is 0 Å². The third kappa shape index (κ3) is 5.55. The van der Waals surface area contributed by atoms with Crippen molar-refractivity contribution in [2.45, 2.75) is 20.0 Å². The van der Waals surface area contributed by atoms with Gasteiger partial charge < -0.3 is 19.7 Å². The molecule has 0 saturated heterocycles. The Morgan fingerprint density at radius 3 is 2.50 bits per heavy atom. The van der Waals surface area contributed by atoms with E-state index < -0.39 is 33.6 Å². The second-order valence-electron chi connectivity index (χ2n) is 5.34. The number of ether oxygens (including phenoxy) is 2. The number of nitrogens with zero attached hydrogens (tertiary/aromatic N) is 2. The van der Waals surface area contributed by atoms with Crippen LogP contribution in [0.25, 0.3) is 0 Å². The molecule has 1 aromatic carbocycles. The number of alkyl halides is 3. The molecule has 0 spiro atoms. The quantitative estimate of drug-likeness (QED) is 0.245. The van der Waals surface area contributed by atoms with Crippen LogP contribution < -0.4 is 10.1 Å². The van der Waals surface area contributed by atoms with Gasteiger partial charge in [-0.15, -0.1) is 0 Å². The van der Waals surface area contributed by atoms with Gasteiger partial charge in [0.2, 0.25) is 5.75 Å². The Bertz CT molecular complexity index is 811. The smallest absolute Gasteiger partial charge is 0.431 e. The van der Waals surface area contributed by atoms with Gasteiger partial charge in [0, 0.05) is 7.05 Å². The summed E-state index contributed by atoms with van der Waals surface area (Å²) in [4.78, 5) is 22.6. The fourth-order valence-corrected chi connectivity index (χ4v) is 2.39. The number of esters is 1. The van der Waals surface area contributed by atoms with Gasteiger partial charge in [-0.2, -0.15) is 13.2 Å². The normalized spacial score (nSPS) is 11.6. The molecule has 0 unspecified atom stereocenters. The van der Waals surface area contributed by atoms with E-state index in [0.717, 1.165) is 7.05 Å². The van der Waals surface area contributed by atoms with Crippen molar-refractivity contribution in [2.24, 2.45) is 0 Å². The predicted octanol–water partition coefficient (Wildman–Crippen LogP) is 3.55. The molecule has 1 rings (SSSR count). The minimum absolute atomic E-state index is 0.0569. The highest BCUT2D eigenvalue weighted by atomic mass is 32.1. The van der Waals surface area contributed by atoms with Crippen molar-refractivity contribution >= 4 is 34.7 Å². The maximum atomic E-state index is 13.3. The van der Waals surface area contributed by atoms with E-state index in [1.165, 1.54) is 26.2 Å². The number of aryl methyl sites for hydroxylation is 1. The number of carbonyl (C=O) groups excluding carboxylic acids is 1. The molecule has 0 aromatic heterocycles. The van der Waals surface area contributed by atoms with Crippen LogP contribution in [0.1, 0.15) is 12.5 Å². The van der Waals surface area contributed by atoms with Crippen LogP contribution in [0.3, 0.4) is 0 Å². The highest BCUT2D eigenvalue weighted by Crippen LogP contribution is 2.38. The molecule has 154 valence electrons. The van der Waals surface area contributed by atoms with E-state index in [2.05, 4.69) is 10.1 Å². The third-order valence-corrected chi connectivity index (χ3v) is 3.83. The lowest BCUT2D eigenvalue weighted by Gasteiger charge is -2.25. The summed E-state index contributed by atoms with van der Waals surface area (Å²) in [5.74, 6) is -1.26. The number of nitro benzene ring substituents is 1. The lowest BCUT2D eigenvalue weighted by atomic mass is 10.1. The van der Waals surface area contributed by atoms with Crippen molar-refractivity contribution in [3.63, 3.8) is 0 Å². The van der Waals surface area contributed by atoms with E-state index in [0.29, 0.717) is 10.5 Å². The zero-order chi connectivity index (χ0) is 21.6. The maximum absolute atomic E-state index is 13.3. The number of hydrogen-bond acceptors (Lipinski definition) is 6. The summed E-state index contributed by atoms with van der Waals surface area (Å²) in [7, 11) is 2.19. The molecule has 0 radical (unpaired) electrons. The molecular weight excluding hydrogens is 403 g/mol. The zero-order valence-electron chi connectivity index (χ0n) is 15.4. The molecule has 1 N–H and O–H groups in total. The Morgan fingerprint density at radius 1 is 1.43 bits per heavy atom. The van der Waals surface area contributed by atoms with E-state index in [-0.39, 0.29) is 24.1 Å². The van der Waals surface area contributed by atoms with Crippen molar-refractivity contribution in [1.82, 2.24) is 4.90 Å². The van der Waals surface area contributed by atoms with Crippen molar-refractivity contribution in [3.05, 3.63) is 39.6 Å². The first-order valence-corrected chi connectivity index (χ1v) is 8.17. The van der Waals surface area contributed by atoms with Crippen LogP contribution >= 0.6 is 12.2 Å². The van der Waals surface area contributed by atoms with Gasteiger partial charge in [-0.25, -0.2) is 4.79 Å². The highest BCUT2D eigenvalue weighted by molar-refractivity contribution is 7.80. The topological polar surface area (TPSA) is 93.9 Å². The first kappa shape index (κ1) is 23.1. The predicted molar refractivity (Wildman–Crippen MR) is 99.1 cm³/mol. The first-order chi connectivity index (χ1) is 12.9. The van der Waals surface area contributed by atoms with Gasteiger partial charge in [0.1, 0.15) is 11.4 Å². The monoisotopic (exact) mass is 421 g/mol. The van der Waals surface area contributed by atoms with Crippen molar-refractivity contribution in [3.8, 4) is 5.75 Å². The van der Waals surface area contributed by atoms with Crippen LogP contribution in [0.15, 0.2) is 23.9 Å². The third-order valence-electron chi connectivity index (χ3n) is 3.45. The number of carbonyl (C=O) groups is 1. The number of allylic oxidation sites excluding steroid dienone is 1. The summed E-state index contributed by atoms with van der Waals surface area (Å²) < 4.78 is 49.5. The van der Waals surface area contributed by atoms with E-state index >= 15 is 0 Å². The second kappa shape index (κ2) is 9.35. The fraction of sp³-hybridized carbons (Fsp3) is 0.375. The van der Waals surface area contributed by atoms with Crippen LogP contribution in [-0.4, -0.2) is 47.8 Å². The van der Waals surface area contributed by atoms with E-state index in [1.54, 1.807) is 6.92 Å². The Kier molecular flexibility index (Phi) is 7.73. The number of halogens is 3. The maximum Gasteiger partial charge on any atom is 0.431 e. The summed E-state index contributed by atoms with van der Waals surface area (Å²) in [6.07, 6.45) is -4.67. The van der Waals surface area contributed by atoms with Crippen LogP contribution in [0, 0.1) is 17.0 Å². The highest BCUT2D eigenvalue weighted by Gasteiger charge is 2.39. The van der Waals surface area contributed by atoms with Gasteiger partial charge in [-0.1, -0.05) is 6.07 Å². The minimum atomic E-state index is -4.93. The van der Waals surface area contributed by atoms with Crippen molar-refractivity contribution < 1.29 is 32.4 Å². The van der Waals surface area contributed by atoms with Crippen molar-refractivity contribution in [1.29, 1.82) is 0 Å². The molecule has 12 heteroatoms. The number of methoxy groups -OCH3 is 1. The van der Waals surface area contributed by atoms with E-state index in [4.69, 9.17) is 17.0 Å². The minimum Gasteiger partial charge on any atom is -0.490 e. The molecule has 0 amide bonds. The fourth-order valence-electron chi connectivity index (χ4n) is 2.18. The lowest BCUT2D eigenvalue weighted by Crippen LogP contribution is -2.37. The van der Waals surface area contributed by atoms with Gasteiger partial charge >= 0.3 is 17.8 Å². The Labute approximate surface area is 164 Å². The molecule has 0 aliphatic heterocycles. The number of thiocarbonyl (C=S) groups is 1. The number of nitrogens with one attached hydrogen (secondary N) is 1. The Morgan fingerprint density at radius 2 is 2.04 bits per heavy atom. The van der Waals surface area contributed by atoms with Crippen LogP contribution in [0.5, 0.6) is 5.75 Å². The number of benzene rings is 1. The second-order valence-corrected chi connectivity index (χ2v) is 5.72. The lowest BCUT2D eigenvalue weighted by molar-refractivity contribution is -0.384. The number of nitro groups is 1. The molecule has 0 heterocycles. The summed E-state index contributed by atoms with van der Waals surface area (Å²) in [5, 5.41) is 13.3. The SMILES string of the molecule is CCOC(=O)/C=C(\N(C)C(=S)Nc1ccc(C)c(OC)c1[N+](=O)[O-])C(F)(F)F. The Hall–Kier alpha value is -2.89. The molecule has 0 saturated carbocycles. The summed E-state index contributed by atoms with van der Waals surface area (Å²) in [6.45, 7) is 2.91. The molecular formula is C16H18F3N3O5S. The molecule has 0 fully saturated rings. The molecule has 0 aliphatic rings. The number of anilines is 1. The molecule has 0 bridgehead atoms. The summed E-state index contributed by atoms with van der Waals surface area (Å²) in [5.41, 5.74) is -1.59. The summed E-state index contributed by atoms with van der Waals surface area (Å²) in [6, 6.07) is 2.77. The van der Waals surface area contributed by atoms with Gasteiger partial charge in [0.05, 0.1) is 24.7 Å². The average molecular weight is 421 g/mol. The molecule has 28 heavy (non-hydrogen) atoms. The number of rotatable bonds is 6. The summed E-state index contributed by atoms with van der Waals surface area (Å²) >= 11 is 4.94. The zero-order valence-corrected chi connectivity index (χ0v) is 16.2. The van der Waals surface area contributed by atoms with Gasteiger partial charge in [0.15, 0.2) is 5.11 Å². The van der Waals surface area contributed by atoms with Crippen LogP contribution in [0.4, 0.5) is 24.5 Å². The first-order valence-electron chi connectivity index (χ1n) is 7.76. The average Bonchev–Trinajstić information content (AvgIpc) is 2.59. The van der Waals surface area contributed by atoms with Gasteiger partial charge in [-0.3, -0.25) is 10.1 Å². The van der Waals surface area contributed by atoms with Gasteiger partial charge in [-0.05, 0) is 37.7 Å². The molecule has 8 nitrogen and oxygen atoms in total. The number of hydrogen-bond donors (Lipinski definition) is 1. The standard InChI is InChI=1S/C16H18F3N3O5S/c1-5-27-12(23)8-11(16(17,18)19)21(3)15(28)20-10-7-6-9(2)14(26-4)13(10)22(24)25/h6-8H,5H2,1-4H3,(H,20,28)/b11-8-. The Balaban J connectivity index is 3.28. The van der Waals surface area contributed by atoms with Crippen LogP contribution in [-0.2, 0) is 9.53 Å².